The Morgan fingerprint density at radius 1 is 1.14 bits per heavy atom. The second-order valence-corrected chi connectivity index (χ2v) is 5.86. The first-order valence-corrected chi connectivity index (χ1v) is 7.32. The minimum absolute atomic E-state index is 0.288. The molecule has 2 aliphatic heterocycles. The van der Waals surface area contributed by atoms with Crippen molar-refractivity contribution < 1.29 is 14.6 Å². The van der Waals surface area contributed by atoms with Gasteiger partial charge in [0, 0.05) is 11.6 Å². The minimum atomic E-state index is 0.288. The molecule has 0 radical (unpaired) electrons. The summed E-state index contributed by atoms with van der Waals surface area (Å²) < 4.78 is 11.4. The Bertz CT molecular complexity index is 769. The molecule has 4 nitrogen and oxygen atoms in total. The molecule has 0 aromatic heterocycles. The average molecular weight is 281 g/mol. The van der Waals surface area contributed by atoms with E-state index >= 15 is 0 Å². The van der Waals surface area contributed by atoms with Crippen LogP contribution < -0.4 is 14.8 Å². The quantitative estimate of drug-likeness (QED) is 0.779. The lowest BCUT2D eigenvalue weighted by Gasteiger charge is -2.34. The summed E-state index contributed by atoms with van der Waals surface area (Å²) in [5.41, 5.74) is 6.18. The molecule has 1 aliphatic carbocycles. The lowest BCUT2D eigenvalue weighted by Crippen LogP contribution is -2.33. The van der Waals surface area contributed by atoms with Crippen molar-refractivity contribution in [2.24, 2.45) is 0 Å². The van der Waals surface area contributed by atoms with Crippen LogP contribution in [0.1, 0.15) is 22.7 Å². The zero-order chi connectivity index (χ0) is 14.0. The summed E-state index contributed by atoms with van der Waals surface area (Å²) >= 11 is 0. The SMILES string of the molecule is Oc1ccc2c(c1)C[C@@H]1NCCc3cc4c(c-2c31)OCO4. The number of nitrogens with one attached hydrogen (secondary N) is 1. The van der Waals surface area contributed by atoms with E-state index in [1.54, 1.807) is 6.07 Å². The van der Waals surface area contributed by atoms with Gasteiger partial charge in [0.15, 0.2) is 11.5 Å². The van der Waals surface area contributed by atoms with E-state index in [0.717, 1.165) is 47.6 Å². The van der Waals surface area contributed by atoms with E-state index in [4.69, 9.17) is 9.47 Å². The molecule has 0 fully saturated rings. The molecule has 0 bridgehead atoms. The van der Waals surface area contributed by atoms with Gasteiger partial charge in [-0.1, -0.05) is 6.07 Å². The highest BCUT2D eigenvalue weighted by atomic mass is 16.7. The van der Waals surface area contributed by atoms with Crippen LogP contribution in [0.5, 0.6) is 17.2 Å². The maximum Gasteiger partial charge on any atom is 0.231 e. The second kappa shape index (κ2) is 3.92. The molecule has 0 saturated carbocycles. The number of phenols is 1. The Hall–Kier alpha value is -2.20. The largest absolute Gasteiger partial charge is 0.508 e. The molecular formula is C17H15NO3. The molecule has 5 rings (SSSR count). The van der Waals surface area contributed by atoms with Gasteiger partial charge in [0.25, 0.3) is 0 Å². The maximum absolute atomic E-state index is 9.78. The number of benzene rings is 2. The van der Waals surface area contributed by atoms with Crippen LogP contribution >= 0.6 is 0 Å². The standard InChI is InChI=1S/C17H15NO3/c19-11-1-2-12-10(5-11)6-13-15-9(3-4-18-13)7-14-17(16(12)15)21-8-20-14/h1-2,5,7,13,18-19H,3-4,6,8H2/t13-/m0/s1. The third kappa shape index (κ3) is 1.48. The highest BCUT2D eigenvalue weighted by Crippen LogP contribution is 2.52. The Labute approximate surface area is 122 Å². The molecule has 0 amide bonds. The molecule has 2 heterocycles. The van der Waals surface area contributed by atoms with Crippen molar-refractivity contribution in [2.45, 2.75) is 18.9 Å². The third-order valence-electron chi connectivity index (χ3n) is 4.70. The summed E-state index contributed by atoms with van der Waals surface area (Å²) in [5, 5.41) is 13.4. The van der Waals surface area contributed by atoms with Crippen molar-refractivity contribution >= 4 is 0 Å². The summed E-state index contributed by atoms with van der Waals surface area (Å²) in [6, 6.07) is 8.04. The molecular weight excluding hydrogens is 266 g/mol. The first-order chi connectivity index (χ1) is 10.3. The van der Waals surface area contributed by atoms with Crippen molar-refractivity contribution in [3.63, 3.8) is 0 Å². The fourth-order valence-electron chi connectivity index (χ4n) is 3.85. The molecule has 1 atom stereocenters. The van der Waals surface area contributed by atoms with Gasteiger partial charge in [-0.05, 0) is 59.8 Å². The lowest BCUT2D eigenvalue weighted by molar-refractivity contribution is 0.174. The number of ether oxygens (including phenoxy) is 2. The summed E-state index contributed by atoms with van der Waals surface area (Å²) in [6.45, 7) is 1.27. The van der Waals surface area contributed by atoms with Crippen LogP contribution in [0.15, 0.2) is 24.3 Å². The zero-order valence-electron chi connectivity index (χ0n) is 11.5. The van der Waals surface area contributed by atoms with Gasteiger partial charge < -0.3 is 19.9 Å². The molecule has 3 aliphatic rings. The number of hydrogen-bond acceptors (Lipinski definition) is 4. The summed E-state index contributed by atoms with van der Waals surface area (Å²) in [6.07, 6.45) is 1.92. The molecule has 2 aromatic rings. The molecule has 2 N–H and O–H groups in total. The van der Waals surface area contributed by atoms with Crippen LogP contribution in [0.4, 0.5) is 0 Å². The van der Waals surface area contributed by atoms with Gasteiger partial charge >= 0.3 is 0 Å². The first-order valence-electron chi connectivity index (χ1n) is 7.32. The number of fused-ring (bicyclic) bond motifs is 4. The normalized spacial score (nSPS) is 20.9. The van der Waals surface area contributed by atoms with Crippen molar-refractivity contribution in [1.29, 1.82) is 0 Å². The number of hydrogen-bond donors (Lipinski definition) is 2. The smallest absolute Gasteiger partial charge is 0.231 e. The summed E-state index contributed by atoms with van der Waals surface area (Å²) in [4.78, 5) is 0. The van der Waals surface area contributed by atoms with Crippen molar-refractivity contribution in [3.8, 4) is 28.4 Å². The van der Waals surface area contributed by atoms with Gasteiger partial charge in [-0.2, -0.15) is 0 Å². The topological polar surface area (TPSA) is 50.7 Å². The van der Waals surface area contributed by atoms with E-state index in [1.807, 2.05) is 12.1 Å². The van der Waals surface area contributed by atoms with Gasteiger partial charge in [-0.25, -0.2) is 0 Å². The monoisotopic (exact) mass is 281 g/mol. The van der Waals surface area contributed by atoms with Gasteiger partial charge in [0.1, 0.15) is 5.75 Å². The van der Waals surface area contributed by atoms with Gasteiger partial charge in [-0.15, -0.1) is 0 Å². The molecule has 21 heavy (non-hydrogen) atoms. The summed E-state index contributed by atoms with van der Waals surface area (Å²) in [5.74, 6) is 2.03. The number of rotatable bonds is 0. The second-order valence-electron chi connectivity index (χ2n) is 5.86. The van der Waals surface area contributed by atoms with Crippen LogP contribution in [0.25, 0.3) is 11.1 Å². The number of aromatic hydroxyl groups is 1. The fraction of sp³-hybridized carbons (Fsp3) is 0.294. The molecule has 2 aromatic carbocycles. The van der Waals surface area contributed by atoms with Crippen LogP contribution in [0, 0.1) is 0 Å². The Balaban J connectivity index is 1.88. The van der Waals surface area contributed by atoms with E-state index in [2.05, 4.69) is 11.4 Å². The van der Waals surface area contributed by atoms with Crippen LogP contribution in [0.2, 0.25) is 0 Å². The number of phenolic OH excluding ortho intramolecular Hbond substituents is 1. The van der Waals surface area contributed by atoms with Crippen LogP contribution in [-0.2, 0) is 12.8 Å². The van der Waals surface area contributed by atoms with Gasteiger partial charge in [-0.3, -0.25) is 0 Å². The molecule has 106 valence electrons. The van der Waals surface area contributed by atoms with Crippen molar-refractivity contribution in [2.75, 3.05) is 13.3 Å². The molecule has 4 heteroatoms. The minimum Gasteiger partial charge on any atom is -0.508 e. The van der Waals surface area contributed by atoms with Crippen molar-refractivity contribution in [1.82, 2.24) is 5.32 Å². The average Bonchev–Trinajstić information content (AvgIpc) is 2.94. The third-order valence-corrected chi connectivity index (χ3v) is 4.70. The van der Waals surface area contributed by atoms with Crippen LogP contribution in [-0.4, -0.2) is 18.4 Å². The zero-order valence-corrected chi connectivity index (χ0v) is 11.5. The predicted molar refractivity (Wildman–Crippen MR) is 77.8 cm³/mol. The Morgan fingerprint density at radius 3 is 3.05 bits per heavy atom. The van der Waals surface area contributed by atoms with E-state index in [0.29, 0.717) is 11.8 Å². The maximum atomic E-state index is 9.78. The fourth-order valence-corrected chi connectivity index (χ4v) is 3.85. The van der Waals surface area contributed by atoms with Crippen LogP contribution in [0.3, 0.4) is 0 Å². The van der Waals surface area contributed by atoms with E-state index < -0.39 is 0 Å². The highest BCUT2D eigenvalue weighted by Gasteiger charge is 2.35. The summed E-state index contributed by atoms with van der Waals surface area (Å²) in [7, 11) is 0. The molecule has 0 spiro atoms. The first kappa shape index (κ1) is 11.5. The lowest BCUT2D eigenvalue weighted by atomic mass is 9.77. The van der Waals surface area contributed by atoms with E-state index in [9.17, 15) is 5.11 Å². The highest BCUT2D eigenvalue weighted by molar-refractivity contribution is 5.84. The molecule has 0 saturated heterocycles. The van der Waals surface area contributed by atoms with Gasteiger partial charge in [0.05, 0.1) is 0 Å². The van der Waals surface area contributed by atoms with E-state index in [-0.39, 0.29) is 6.79 Å². The predicted octanol–water partition coefficient (Wildman–Crippen LogP) is 2.53. The van der Waals surface area contributed by atoms with E-state index in [1.165, 1.54) is 11.1 Å². The van der Waals surface area contributed by atoms with Crippen molar-refractivity contribution in [3.05, 3.63) is 41.0 Å². The Kier molecular flexibility index (Phi) is 2.14. The van der Waals surface area contributed by atoms with Gasteiger partial charge in [0.2, 0.25) is 6.79 Å². The Morgan fingerprint density at radius 2 is 2.10 bits per heavy atom. The molecule has 0 unspecified atom stereocenters.